The minimum absolute atomic E-state index is 0.151. The van der Waals surface area contributed by atoms with Crippen LogP contribution in [-0.2, 0) is 4.65 Å². The number of benzene rings is 1. The summed E-state index contributed by atoms with van der Waals surface area (Å²) in [5.41, 5.74) is -0.00565. The lowest BCUT2D eigenvalue weighted by atomic mass is 10.1. The van der Waals surface area contributed by atoms with E-state index >= 15 is 0 Å². The Balaban J connectivity index is 2.81. The molecular weight excluding hydrogens is 247 g/mol. The molecule has 0 saturated carbocycles. The first-order valence-electron chi connectivity index (χ1n) is 4.82. The highest BCUT2D eigenvalue weighted by atomic mass is 19.2. The molecule has 0 bridgehead atoms. The zero-order valence-electron chi connectivity index (χ0n) is 9.30. The zero-order chi connectivity index (χ0) is 13.7. The molecule has 0 N–H and O–H groups in total. The van der Waals surface area contributed by atoms with Crippen molar-refractivity contribution >= 4 is 18.9 Å². The number of non-ortho nitro benzene ring substituents is 1. The Morgan fingerprint density at radius 2 is 1.94 bits per heavy atom. The molecule has 94 valence electrons. The lowest BCUT2D eigenvalue weighted by Gasteiger charge is -2.01. The molecule has 5 nitrogen and oxygen atoms in total. The van der Waals surface area contributed by atoms with Crippen molar-refractivity contribution in [1.29, 1.82) is 0 Å². The van der Waals surface area contributed by atoms with Gasteiger partial charge >= 0.3 is 7.47 Å². The lowest BCUT2D eigenvalue weighted by Crippen LogP contribution is -2.05. The second-order valence-electron chi connectivity index (χ2n) is 3.30. The van der Waals surface area contributed by atoms with Crippen molar-refractivity contribution in [2.75, 3.05) is 0 Å². The lowest BCUT2D eigenvalue weighted by molar-refractivity contribution is -0.384. The molecule has 0 saturated heterocycles. The third kappa shape index (κ3) is 3.97. The number of nitrogens with zero attached hydrogens (tertiary/aromatic N) is 1. The third-order valence-electron chi connectivity index (χ3n) is 1.97. The highest BCUT2D eigenvalue weighted by Gasteiger charge is 2.17. The largest absolute Gasteiger partial charge is 0.796 e. The standard InChI is InChI=1S/C10H8BF2NO4/c1-7(18-11(12)13)6-10(15)8-2-4-9(5-3-8)14(16)17/h2-6H,1H3/b7-6-. The van der Waals surface area contributed by atoms with Gasteiger partial charge < -0.3 is 4.65 Å². The van der Waals surface area contributed by atoms with Crippen molar-refractivity contribution in [1.82, 2.24) is 0 Å². The zero-order valence-corrected chi connectivity index (χ0v) is 9.30. The Morgan fingerprint density at radius 3 is 2.39 bits per heavy atom. The number of nitro groups is 1. The summed E-state index contributed by atoms with van der Waals surface area (Å²) < 4.78 is 27.7. The summed E-state index contributed by atoms with van der Waals surface area (Å²) in [5.74, 6) is -0.795. The number of allylic oxidation sites excluding steroid dienone is 2. The monoisotopic (exact) mass is 255 g/mol. The molecule has 0 unspecified atom stereocenters. The molecule has 0 amide bonds. The van der Waals surface area contributed by atoms with Crippen molar-refractivity contribution < 1.29 is 23.0 Å². The summed E-state index contributed by atoms with van der Waals surface area (Å²) in [7, 11) is -2.99. The van der Waals surface area contributed by atoms with Gasteiger partial charge in [-0.05, 0) is 19.1 Å². The predicted octanol–water partition coefficient (Wildman–Crippen LogP) is 2.62. The average Bonchev–Trinajstić information content (AvgIpc) is 2.27. The highest BCUT2D eigenvalue weighted by molar-refractivity contribution is 6.34. The third-order valence-corrected chi connectivity index (χ3v) is 1.97. The number of nitro benzene ring substituents is 1. The Kier molecular flexibility index (Phi) is 4.53. The number of hydrogen-bond acceptors (Lipinski definition) is 4. The van der Waals surface area contributed by atoms with Gasteiger partial charge in [-0.15, -0.1) is 0 Å². The van der Waals surface area contributed by atoms with E-state index < -0.39 is 18.2 Å². The fourth-order valence-electron chi connectivity index (χ4n) is 1.19. The minimum Gasteiger partial charge on any atom is -0.509 e. The van der Waals surface area contributed by atoms with Gasteiger partial charge in [-0.25, -0.2) is 8.63 Å². The van der Waals surface area contributed by atoms with Crippen molar-refractivity contribution in [3.8, 4) is 0 Å². The van der Waals surface area contributed by atoms with E-state index in [1.165, 1.54) is 19.1 Å². The minimum atomic E-state index is -2.99. The molecule has 1 aromatic rings. The molecule has 1 rings (SSSR count). The molecule has 0 aliphatic rings. The van der Waals surface area contributed by atoms with Gasteiger partial charge in [-0.1, -0.05) is 0 Å². The van der Waals surface area contributed by atoms with Crippen LogP contribution < -0.4 is 0 Å². The van der Waals surface area contributed by atoms with E-state index in [1.54, 1.807) is 0 Å². The van der Waals surface area contributed by atoms with Gasteiger partial charge in [0.05, 0.1) is 10.7 Å². The van der Waals surface area contributed by atoms with Crippen molar-refractivity contribution in [2.24, 2.45) is 0 Å². The number of carbonyl (C=O) groups excluding carboxylic acids is 1. The van der Waals surface area contributed by atoms with E-state index in [1.807, 2.05) is 0 Å². The van der Waals surface area contributed by atoms with E-state index in [0.29, 0.717) is 0 Å². The van der Waals surface area contributed by atoms with Crippen LogP contribution in [0.15, 0.2) is 36.1 Å². The summed E-state index contributed by atoms with van der Waals surface area (Å²) in [4.78, 5) is 21.3. The molecule has 0 aliphatic heterocycles. The first-order valence-corrected chi connectivity index (χ1v) is 4.82. The molecule has 0 aromatic heterocycles. The van der Waals surface area contributed by atoms with Crippen molar-refractivity contribution in [3.05, 3.63) is 51.8 Å². The van der Waals surface area contributed by atoms with Crippen LogP contribution in [-0.4, -0.2) is 18.2 Å². The number of rotatable bonds is 5. The maximum absolute atomic E-state index is 11.8. The number of ketones is 1. The Hall–Kier alpha value is -2.25. The van der Waals surface area contributed by atoms with Gasteiger partial charge in [-0.3, -0.25) is 14.9 Å². The molecule has 8 heteroatoms. The maximum Gasteiger partial charge on any atom is 0.796 e. The normalized spacial score (nSPS) is 10.9. The Labute approximate surface area is 101 Å². The molecule has 0 radical (unpaired) electrons. The quantitative estimate of drug-likeness (QED) is 0.202. The number of halogens is 2. The van der Waals surface area contributed by atoms with Crippen molar-refractivity contribution in [3.63, 3.8) is 0 Å². The first kappa shape index (κ1) is 13.8. The van der Waals surface area contributed by atoms with Crippen LogP contribution in [0.25, 0.3) is 0 Å². The van der Waals surface area contributed by atoms with E-state index in [9.17, 15) is 23.5 Å². The van der Waals surface area contributed by atoms with Crippen LogP contribution in [0.5, 0.6) is 0 Å². The van der Waals surface area contributed by atoms with Gasteiger partial charge in [0.1, 0.15) is 0 Å². The van der Waals surface area contributed by atoms with Gasteiger partial charge in [-0.2, -0.15) is 0 Å². The summed E-state index contributed by atoms with van der Waals surface area (Å²) in [6.07, 6.45) is 0.896. The second kappa shape index (κ2) is 5.90. The summed E-state index contributed by atoms with van der Waals surface area (Å²) in [6.45, 7) is 1.22. The Bertz CT molecular complexity index is 487. The molecule has 0 fully saturated rings. The second-order valence-corrected chi connectivity index (χ2v) is 3.30. The number of carbonyl (C=O) groups is 1. The highest BCUT2D eigenvalue weighted by Crippen LogP contribution is 2.13. The van der Waals surface area contributed by atoms with Crippen LogP contribution in [0.1, 0.15) is 17.3 Å². The fraction of sp³-hybridized carbons (Fsp3) is 0.100. The molecular formula is C10H8BF2NO4. The van der Waals surface area contributed by atoms with Crippen LogP contribution >= 0.6 is 0 Å². The van der Waals surface area contributed by atoms with Crippen molar-refractivity contribution in [2.45, 2.75) is 6.92 Å². The molecule has 0 atom stereocenters. The molecule has 0 heterocycles. The summed E-state index contributed by atoms with van der Waals surface area (Å²) >= 11 is 0. The van der Waals surface area contributed by atoms with E-state index in [4.69, 9.17) is 0 Å². The average molecular weight is 255 g/mol. The van der Waals surface area contributed by atoms with E-state index in [0.717, 1.165) is 18.2 Å². The van der Waals surface area contributed by atoms with Crippen LogP contribution in [0.3, 0.4) is 0 Å². The van der Waals surface area contributed by atoms with Crippen LogP contribution in [0, 0.1) is 10.1 Å². The topological polar surface area (TPSA) is 69.4 Å². The summed E-state index contributed by atoms with van der Waals surface area (Å²) in [5, 5.41) is 10.4. The van der Waals surface area contributed by atoms with Gasteiger partial charge in [0.25, 0.3) is 5.69 Å². The van der Waals surface area contributed by atoms with E-state index in [-0.39, 0.29) is 17.0 Å². The smallest absolute Gasteiger partial charge is 0.509 e. The van der Waals surface area contributed by atoms with Crippen LogP contribution in [0.2, 0.25) is 0 Å². The molecule has 18 heavy (non-hydrogen) atoms. The fourth-order valence-corrected chi connectivity index (χ4v) is 1.19. The molecule has 0 spiro atoms. The number of hydrogen-bond donors (Lipinski definition) is 0. The van der Waals surface area contributed by atoms with Gasteiger partial charge in [0.15, 0.2) is 5.78 Å². The first-order chi connectivity index (χ1) is 8.40. The SMILES string of the molecule is C/C(=C/C(=O)c1ccc([N+](=O)[O-])cc1)OB(F)F. The molecule has 0 aliphatic carbocycles. The molecule has 1 aromatic carbocycles. The van der Waals surface area contributed by atoms with Crippen LogP contribution in [0.4, 0.5) is 14.3 Å². The van der Waals surface area contributed by atoms with Gasteiger partial charge in [0.2, 0.25) is 0 Å². The van der Waals surface area contributed by atoms with Gasteiger partial charge in [0, 0.05) is 23.8 Å². The summed E-state index contributed by atoms with van der Waals surface area (Å²) in [6, 6.07) is 4.80. The predicted molar refractivity (Wildman–Crippen MR) is 60.2 cm³/mol. The Morgan fingerprint density at radius 1 is 1.39 bits per heavy atom. The maximum atomic E-state index is 11.8. The van der Waals surface area contributed by atoms with E-state index in [2.05, 4.69) is 4.65 Å².